The van der Waals surface area contributed by atoms with Gasteiger partial charge in [-0.2, -0.15) is 0 Å². The number of carbonyl (C=O) groups is 1. The van der Waals surface area contributed by atoms with E-state index >= 15 is 0 Å². The van der Waals surface area contributed by atoms with Crippen LogP contribution in [0.5, 0.6) is 0 Å². The Kier molecular flexibility index (Phi) is 2.96. The molecular weight excluding hydrogens is 166 g/mol. The quantitative estimate of drug-likeness (QED) is 0.632. The molecule has 3 nitrogen and oxygen atoms in total. The second-order valence-electron chi connectivity index (χ2n) is 3.98. The molecule has 1 aliphatic carbocycles. The highest BCUT2D eigenvalue weighted by Gasteiger charge is 2.28. The minimum atomic E-state index is -0.360. The lowest BCUT2D eigenvalue weighted by atomic mass is 9.83. The summed E-state index contributed by atoms with van der Waals surface area (Å²) < 4.78 is 4.57. The first-order chi connectivity index (χ1) is 6.06. The monoisotopic (exact) mass is 183 g/mol. The van der Waals surface area contributed by atoms with E-state index in [-0.39, 0.29) is 11.6 Å². The third-order valence-electron chi connectivity index (χ3n) is 2.37. The van der Waals surface area contributed by atoms with Crippen molar-refractivity contribution in [3.05, 3.63) is 12.2 Å². The molecule has 0 heterocycles. The van der Waals surface area contributed by atoms with Gasteiger partial charge in [-0.05, 0) is 25.7 Å². The number of alkyl carbamates (subject to hydrolysis) is 1. The van der Waals surface area contributed by atoms with Crippen LogP contribution in [0.25, 0.3) is 0 Å². The summed E-state index contributed by atoms with van der Waals surface area (Å²) in [6, 6.07) is 0. The molecule has 2 atom stereocenters. The number of hydrogen-bond acceptors (Lipinski definition) is 2. The molecule has 0 aromatic carbocycles. The Labute approximate surface area is 79.2 Å². The van der Waals surface area contributed by atoms with E-state index in [4.69, 9.17) is 0 Å². The summed E-state index contributed by atoms with van der Waals surface area (Å²) in [5.74, 6) is 0.618. The topological polar surface area (TPSA) is 38.3 Å². The van der Waals surface area contributed by atoms with Gasteiger partial charge in [-0.15, -0.1) is 0 Å². The van der Waals surface area contributed by atoms with Crippen LogP contribution >= 0.6 is 0 Å². The zero-order valence-corrected chi connectivity index (χ0v) is 8.46. The maximum Gasteiger partial charge on any atom is 0.407 e. The van der Waals surface area contributed by atoms with E-state index in [1.807, 2.05) is 13.0 Å². The predicted molar refractivity (Wildman–Crippen MR) is 51.5 cm³/mol. The van der Waals surface area contributed by atoms with Crippen molar-refractivity contribution in [3.8, 4) is 0 Å². The third kappa shape index (κ3) is 2.76. The molecule has 0 aliphatic heterocycles. The minimum Gasteiger partial charge on any atom is -0.453 e. The van der Waals surface area contributed by atoms with Crippen molar-refractivity contribution in [2.45, 2.75) is 32.2 Å². The largest absolute Gasteiger partial charge is 0.453 e. The molecule has 0 saturated carbocycles. The van der Waals surface area contributed by atoms with E-state index < -0.39 is 0 Å². The van der Waals surface area contributed by atoms with E-state index in [1.165, 1.54) is 7.11 Å². The van der Waals surface area contributed by atoms with Gasteiger partial charge in [0.1, 0.15) is 0 Å². The third-order valence-corrected chi connectivity index (χ3v) is 2.37. The van der Waals surface area contributed by atoms with E-state index in [9.17, 15) is 4.79 Å². The fraction of sp³-hybridized carbons (Fsp3) is 0.700. The Morgan fingerprint density at radius 3 is 2.92 bits per heavy atom. The Balaban J connectivity index is 2.59. The number of hydrogen-bond donors (Lipinski definition) is 1. The molecule has 1 rings (SSSR count). The van der Waals surface area contributed by atoms with Crippen molar-refractivity contribution >= 4 is 6.09 Å². The summed E-state index contributed by atoms with van der Waals surface area (Å²) in [7, 11) is 1.38. The summed E-state index contributed by atoms with van der Waals surface area (Å²) in [5, 5.41) is 2.83. The Morgan fingerprint density at radius 2 is 2.38 bits per heavy atom. The average Bonchev–Trinajstić information content (AvgIpc) is 2.02. The van der Waals surface area contributed by atoms with Gasteiger partial charge in [0, 0.05) is 0 Å². The van der Waals surface area contributed by atoms with Crippen LogP contribution < -0.4 is 5.32 Å². The van der Waals surface area contributed by atoms with Crippen LogP contribution in [0, 0.1) is 5.92 Å². The van der Waals surface area contributed by atoms with Crippen molar-refractivity contribution in [2.75, 3.05) is 7.11 Å². The van der Waals surface area contributed by atoms with E-state index in [2.05, 4.69) is 23.1 Å². The van der Waals surface area contributed by atoms with Gasteiger partial charge in [0.15, 0.2) is 0 Å². The lowest BCUT2D eigenvalue weighted by molar-refractivity contribution is 0.158. The second kappa shape index (κ2) is 3.81. The SMILES string of the molecule is COC(=O)NC1(C)C=CCC(C)C1. The Bertz CT molecular complexity index is 225. The van der Waals surface area contributed by atoms with Crippen molar-refractivity contribution in [1.29, 1.82) is 0 Å². The van der Waals surface area contributed by atoms with Gasteiger partial charge in [-0.3, -0.25) is 0 Å². The second-order valence-corrected chi connectivity index (χ2v) is 3.98. The molecule has 0 radical (unpaired) electrons. The number of ether oxygens (including phenoxy) is 1. The molecule has 1 N–H and O–H groups in total. The lowest BCUT2D eigenvalue weighted by Gasteiger charge is -2.32. The van der Waals surface area contributed by atoms with Gasteiger partial charge < -0.3 is 10.1 Å². The van der Waals surface area contributed by atoms with E-state index in [0.29, 0.717) is 5.92 Å². The summed E-state index contributed by atoms with van der Waals surface area (Å²) >= 11 is 0. The summed E-state index contributed by atoms with van der Waals surface area (Å²) in [6.07, 6.45) is 5.87. The molecule has 13 heavy (non-hydrogen) atoms. The fourth-order valence-corrected chi connectivity index (χ4v) is 1.81. The van der Waals surface area contributed by atoms with Gasteiger partial charge in [0.05, 0.1) is 12.6 Å². The van der Waals surface area contributed by atoms with Crippen LogP contribution in [0.4, 0.5) is 4.79 Å². The molecular formula is C10H17NO2. The summed E-state index contributed by atoms with van der Waals surface area (Å²) in [4.78, 5) is 11.0. The number of methoxy groups -OCH3 is 1. The molecule has 2 unspecified atom stereocenters. The van der Waals surface area contributed by atoms with Crippen molar-refractivity contribution in [2.24, 2.45) is 5.92 Å². The Morgan fingerprint density at radius 1 is 1.69 bits per heavy atom. The number of allylic oxidation sites excluding steroid dienone is 1. The van der Waals surface area contributed by atoms with Gasteiger partial charge in [-0.25, -0.2) is 4.79 Å². The zero-order valence-electron chi connectivity index (χ0n) is 8.46. The molecule has 0 spiro atoms. The van der Waals surface area contributed by atoms with Crippen LogP contribution in [-0.4, -0.2) is 18.7 Å². The van der Waals surface area contributed by atoms with Gasteiger partial charge >= 0.3 is 6.09 Å². The van der Waals surface area contributed by atoms with Crippen LogP contribution in [0.2, 0.25) is 0 Å². The summed E-state index contributed by atoms with van der Waals surface area (Å²) in [6.45, 7) is 4.19. The smallest absolute Gasteiger partial charge is 0.407 e. The lowest BCUT2D eigenvalue weighted by Crippen LogP contribution is -2.46. The van der Waals surface area contributed by atoms with Crippen LogP contribution in [0.3, 0.4) is 0 Å². The molecule has 74 valence electrons. The summed E-state index contributed by atoms with van der Waals surface area (Å²) in [5.41, 5.74) is -0.231. The molecule has 0 aromatic rings. The first-order valence-corrected chi connectivity index (χ1v) is 4.59. The molecule has 0 saturated heterocycles. The first-order valence-electron chi connectivity index (χ1n) is 4.59. The first kappa shape index (κ1) is 10.1. The van der Waals surface area contributed by atoms with Crippen molar-refractivity contribution in [1.82, 2.24) is 5.32 Å². The number of amides is 1. The van der Waals surface area contributed by atoms with Crippen LogP contribution in [0.1, 0.15) is 26.7 Å². The minimum absolute atomic E-state index is 0.231. The molecule has 0 aromatic heterocycles. The van der Waals surface area contributed by atoms with Crippen molar-refractivity contribution < 1.29 is 9.53 Å². The number of nitrogens with one attached hydrogen (secondary N) is 1. The highest BCUT2D eigenvalue weighted by atomic mass is 16.5. The van der Waals surface area contributed by atoms with Gasteiger partial charge in [0.25, 0.3) is 0 Å². The molecule has 0 fully saturated rings. The molecule has 1 aliphatic rings. The standard InChI is InChI=1S/C10H17NO2/c1-8-5-4-6-10(2,7-8)11-9(12)13-3/h4,6,8H,5,7H2,1-3H3,(H,11,12). The zero-order chi connectivity index (χ0) is 9.90. The maximum atomic E-state index is 11.0. The van der Waals surface area contributed by atoms with Crippen LogP contribution in [0.15, 0.2) is 12.2 Å². The predicted octanol–water partition coefficient (Wildman–Crippen LogP) is 2.09. The highest BCUT2D eigenvalue weighted by Crippen LogP contribution is 2.26. The highest BCUT2D eigenvalue weighted by molar-refractivity contribution is 5.68. The Hall–Kier alpha value is -0.990. The molecule has 0 bridgehead atoms. The maximum absolute atomic E-state index is 11.0. The number of rotatable bonds is 1. The van der Waals surface area contributed by atoms with Gasteiger partial charge in [0.2, 0.25) is 0 Å². The van der Waals surface area contributed by atoms with Gasteiger partial charge in [-0.1, -0.05) is 19.1 Å². The number of carbonyl (C=O) groups excluding carboxylic acids is 1. The molecule has 3 heteroatoms. The average molecular weight is 183 g/mol. The van der Waals surface area contributed by atoms with Crippen molar-refractivity contribution in [3.63, 3.8) is 0 Å². The van der Waals surface area contributed by atoms with E-state index in [0.717, 1.165) is 12.8 Å². The molecule has 1 amide bonds. The van der Waals surface area contributed by atoms with Crippen LogP contribution in [-0.2, 0) is 4.74 Å². The normalized spacial score (nSPS) is 32.7. The fourth-order valence-electron chi connectivity index (χ4n) is 1.81. The van der Waals surface area contributed by atoms with E-state index in [1.54, 1.807) is 0 Å².